The van der Waals surface area contributed by atoms with Gasteiger partial charge >= 0.3 is 12.1 Å². The van der Waals surface area contributed by atoms with Gasteiger partial charge in [-0.2, -0.15) is 13.2 Å². The highest BCUT2D eigenvalue weighted by Crippen LogP contribution is 2.43. The van der Waals surface area contributed by atoms with Crippen LogP contribution in [0, 0.1) is 0 Å². The van der Waals surface area contributed by atoms with Crippen LogP contribution in [0.4, 0.5) is 13.2 Å². The van der Waals surface area contributed by atoms with Gasteiger partial charge in [0.25, 0.3) is 0 Å². The Kier molecular flexibility index (Phi) is 7.45. The number of hydrogen-bond donors (Lipinski definition) is 2. The van der Waals surface area contributed by atoms with Crippen LogP contribution in [0.5, 0.6) is 0 Å². The van der Waals surface area contributed by atoms with Crippen molar-refractivity contribution in [2.24, 2.45) is 0 Å². The molecule has 0 spiro atoms. The number of aliphatic hydroxyl groups is 1. The van der Waals surface area contributed by atoms with Crippen molar-refractivity contribution in [3.05, 3.63) is 83.6 Å². The van der Waals surface area contributed by atoms with Gasteiger partial charge in [-0.1, -0.05) is 60.7 Å². The first-order valence-electron chi connectivity index (χ1n) is 9.21. The quantitative estimate of drug-likeness (QED) is 0.495. The van der Waals surface area contributed by atoms with Gasteiger partial charge in [0, 0.05) is 24.2 Å². The molecule has 2 rings (SSSR count). The van der Waals surface area contributed by atoms with E-state index in [1.54, 1.807) is 32.0 Å². The number of esters is 1. The van der Waals surface area contributed by atoms with Crippen LogP contribution in [-0.2, 0) is 15.1 Å². The highest BCUT2D eigenvalue weighted by atomic mass is 19.4. The monoisotopic (exact) mass is 407 g/mol. The SMILES string of the molecule is CCOC(=O)/C=C(\C[C@@](O)(c1ccccc1)C(F)(F)F)N[C@H](C)c1ccccc1. The summed E-state index contributed by atoms with van der Waals surface area (Å²) >= 11 is 0. The molecule has 4 nitrogen and oxygen atoms in total. The second-order valence-corrected chi connectivity index (χ2v) is 6.60. The summed E-state index contributed by atoms with van der Waals surface area (Å²) in [7, 11) is 0. The fourth-order valence-electron chi connectivity index (χ4n) is 2.93. The van der Waals surface area contributed by atoms with E-state index >= 15 is 0 Å². The summed E-state index contributed by atoms with van der Waals surface area (Å²) in [6, 6.07) is 15.5. The Morgan fingerprint density at radius 3 is 2.17 bits per heavy atom. The van der Waals surface area contributed by atoms with E-state index in [1.165, 1.54) is 24.3 Å². The Balaban J connectivity index is 2.40. The number of hydrogen-bond acceptors (Lipinski definition) is 4. The summed E-state index contributed by atoms with van der Waals surface area (Å²) in [6.45, 7) is 3.43. The van der Waals surface area contributed by atoms with Crippen LogP contribution in [0.25, 0.3) is 0 Å². The third-order valence-electron chi connectivity index (χ3n) is 4.45. The van der Waals surface area contributed by atoms with Gasteiger partial charge in [-0.3, -0.25) is 0 Å². The lowest BCUT2D eigenvalue weighted by atomic mass is 9.88. The van der Waals surface area contributed by atoms with Crippen LogP contribution in [-0.4, -0.2) is 23.9 Å². The molecule has 2 N–H and O–H groups in total. The maximum Gasteiger partial charge on any atom is 0.421 e. The molecule has 2 aromatic carbocycles. The van der Waals surface area contributed by atoms with Crippen molar-refractivity contribution < 1.29 is 27.8 Å². The predicted octanol–water partition coefficient (Wildman–Crippen LogP) is 4.62. The van der Waals surface area contributed by atoms with E-state index in [0.717, 1.165) is 11.6 Å². The van der Waals surface area contributed by atoms with Gasteiger partial charge in [-0.25, -0.2) is 4.79 Å². The van der Waals surface area contributed by atoms with Crippen molar-refractivity contribution in [2.75, 3.05) is 6.61 Å². The predicted molar refractivity (Wildman–Crippen MR) is 104 cm³/mol. The Hall–Kier alpha value is -2.80. The Labute approximate surface area is 168 Å². The highest BCUT2D eigenvalue weighted by Gasteiger charge is 2.55. The van der Waals surface area contributed by atoms with Crippen molar-refractivity contribution in [1.29, 1.82) is 0 Å². The minimum atomic E-state index is -4.96. The lowest BCUT2D eigenvalue weighted by Crippen LogP contribution is -2.44. The molecule has 156 valence electrons. The number of benzene rings is 2. The second-order valence-electron chi connectivity index (χ2n) is 6.60. The van der Waals surface area contributed by atoms with Crippen LogP contribution in [0.2, 0.25) is 0 Å². The zero-order valence-corrected chi connectivity index (χ0v) is 16.2. The first-order chi connectivity index (χ1) is 13.7. The normalized spacial score (nSPS) is 15.3. The summed E-state index contributed by atoms with van der Waals surface area (Å²) < 4.78 is 46.5. The molecular formula is C22H24F3NO3. The molecular weight excluding hydrogens is 383 g/mol. The topological polar surface area (TPSA) is 58.6 Å². The first-order valence-corrected chi connectivity index (χ1v) is 9.21. The standard InChI is InChI=1S/C22H24F3NO3/c1-3-29-20(27)14-19(26-16(2)17-10-6-4-7-11-17)15-21(28,22(23,24)25)18-12-8-5-9-13-18/h4-14,16,26,28H,3,15H2,1-2H3/b19-14+/t16-,21-/m1/s1. The molecule has 0 saturated carbocycles. The van der Waals surface area contributed by atoms with Gasteiger partial charge in [0.2, 0.25) is 0 Å². The molecule has 0 aliphatic heterocycles. The van der Waals surface area contributed by atoms with Crippen LogP contribution in [0.3, 0.4) is 0 Å². The molecule has 0 saturated heterocycles. The minimum absolute atomic E-state index is 0.0801. The van der Waals surface area contributed by atoms with Crippen molar-refractivity contribution >= 4 is 5.97 Å². The molecule has 0 bridgehead atoms. The molecule has 29 heavy (non-hydrogen) atoms. The van der Waals surface area contributed by atoms with Crippen molar-refractivity contribution in [2.45, 2.75) is 38.1 Å². The number of alkyl halides is 3. The third kappa shape index (κ3) is 5.84. The zero-order valence-electron chi connectivity index (χ0n) is 16.2. The number of ether oxygens (including phenoxy) is 1. The summed E-state index contributed by atoms with van der Waals surface area (Å²) in [6.07, 6.45) is -4.86. The fraction of sp³-hybridized carbons (Fsp3) is 0.318. The van der Waals surface area contributed by atoms with E-state index in [9.17, 15) is 23.1 Å². The largest absolute Gasteiger partial charge is 0.463 e. The van der Waals surface area contributed by atoms with Gasteiger partial charge in [-0.05, 0) is 25.0 Å². The zero-order chi connectivity index (χ0) is 21.5. The summed E-state index contributed by atoms with van der Waals surface area (Å²) in [5.41, 5.74) is -2.74. The van der Waals surface area contributed by atoms with Gasteiger partial charge < -0.3 is 15.2 Å². The van der Waals surface area contributed by atoms with Gasteiger partial charge in [-0.15, -0.1) is 0 Å². The molecule has 7 heteroatoms. The third-order valence-corrected chi connectivity index (χ3v) is 4.45. The first kappa shape index (κ1) is 22.5. The number of rotatable bonds is 8. The Morgan fingerprint density at radius 2 is 1.66 bits per heavy atom. The molecule has 0 amide bonds. The summed E-state index contributed by atoms with van der Waals surface area (Å²) in [5.74, 6) is -0.784. The Morgan fingerprint density at radius 1 is 1.10 bits per heavy atom. The average molecular weight is 407 g/mol. The lowest BCUT2D eigenvalue weighted by molar-refractivity contribution is -0.266. The van der Waals surface area contributed by atoms with E-state index in [4.69, 9.17) is 4.74 Å². The van der Waals surface area contributed by atoms with Crippen molar-refractivity contribution in [3.63, 3.8) is 0 Å². The van der Waals surface area contributed by atoms with E-state index < -0.39 is 30.2 Å². The van der Waals surface area contributed by atoms with E-state index in [-0.39, 0.29) is 17.9 Å². The molecule has 2 aromatic rings. The van der Waals surface area contributed by atoms with E-state index in [1.807, 2.05) is 18.2 Å². The molecule has 0 heterocycles. The molecule has 0 aliphatic carbocycles. The Bertz CT molecular complexity index is 822. The summed E-state index contributed by atoms with van der Waals surface area (Å²) in [4.78, 5) is 11.9. The molecule has 0 fully saturated rings. The van der Waals surface area contributed by atoms with Gasteiger partial charge in [0.15, 0.2) is 5.60 Å². The minimum Gasteiger partial charge on any atom is -0.463 e. The molecule has 0 aromatic heterocycles. The highest BCUT2D eigenvalue weighted by molar-refractivity contribution is 5.82. The number of nitrogens with one attached hydrogen (secondary N) is 1. The van der Waals surface area contributed by atoms with Crippen LogP contribution in [0.1, 0.15) is 37.4 Å². The van der Waals surface area contributed by atoms with Crippen LogP contribution < -0.4 is 5.32 Å². The maximum atomic E-state index is 13.9. The lowest BCUT2D eigenvalue weighted by Gasteiger charge is -2.33. The van der Waals surface area contributed by atoms with Gasteiger partial charge in [0.05, 0.1) is 6.61 Å². The second kappa shape index (κ2) is 9.60. The van der Waals surface area contributed by atoms with Crippen molar-refractivity contribution in [1.82, 2.24) is 5.32 Å². The molecule has 0 aliphatic rings. The number of carbonyl (C=O) groups excluding carboxylic acids is 1. The van der Waals surface area contributed by atoms with Crippen LogP contribution >= 0.6 is 0 Å². The molecule has 2 atom stereocenters. The van der Waals surface area contributed by atoms with Crippen LogP contribution in [0.15, 0.2) is 72.4 Å². The maximum absolute atomic E-state index is 13.9. The fourth-order valence-corrected chi connectivity index (χ4v) is 2.93. The van der Waals surface area contributed by atoms with E-state index in [0.29, 0.717) is 0 Å². The molecule has 0 radical (unpaired) electrons. The van der Waals surface area contributed by atoms with Crippen molar-refractivity contribution in [3.8, 4) is 0 Å². The van der Waals surface area contributed by atoms with E-state index in [2.05, 4.69) is 5.32 Å². The van der Waals surface area contributed by atoms with Gasteiger partial charge in [0.1, 0.15) is 0 Å². The summed E-state index contributed by atoms with van der Waals surface area (Å²) in [5, 5.41) is 13.6. The number of carbonyl (C=O) groups is 1. The smallest absolute Gasteiger partial charge is 0.421 e. The molecule has 0 unspecified atom stereocenters. The average Bonchev–Trinajstić information content (AvgIpc) is 2.68. The number of halogens is 3.